The second kappa shape index (κ2) is 10.9. The summed E-state index contributed by atoms with van der Waals surface area (Å²) in [6.07, 6.45) is 12.0. The van der Waals surface area contributed by atoms with Gasteiger partial charge in [0.05, 0.1) is 0 Å². The molecule has 0 bridgehead atoms. The van der Waals surface area contributed by atoms with E-state index in [9.17, 15) is 4.79 Å². The molecule has 0 aromatic carbocycles. The zero-order valence-corrected chi connectivity index (χ0v) is 18.7. The molecular formula is C23H45N3O. The lowest BCUT2D eigenvalue weighted by molar-refractivity contribution is -0.112. The summed E-state index contributed by atoms with van der Waals surface area (Å²) in [6.45, 7) is 11.3. The molecule has 0 atom stereocenters. The molecule has 2 aliphatic carbocycles. The molecule has 2 saturated heterocycles. The molecule has 27 heavy (non-hydrogen) atoms. The first-order valence-corrected chi connectivity index (χ1v) is 11.6. The summed E-state index contributed by atoms with van der Waals surface area (Å²) < 4.78 is 0. The van der Waals surface area contributed by atoms with Gasteiger partial charge in [0.2, 0.25) is 0 Å². The van der Waals surface area contributed by atoms with Crippen LogP contribution in [0, 0.1) is 17.3 Å². The Hall–Kier alpha value is -0.450. The van der Waals surface area contributed by atoms with E-state index < -0.39 is 0 Å². The Kier molecular flexibility index (Phi) is 9.24. The van der Waals surface area contributed by atoms with Gasteiger partial charge in [0.25, 0.3) is 0 Å². The third kappa shape index (κ3) is 6.27. The van der Waals surface area contributed by atoms with Crippen molar-refractivity contribution in [2.45, 2.75) is 84.2 Å². The number of aldehydes is 1. The van der Waals surface area contributed by atoms with E-state index in [0.717, 1.165) is 55.6 Å². The minimum absolute atomic E-state index is 0.348. The molecule has 4 rings (SSSR count). The molecule has 4 aliphatic rings. The molecule has 0 aromatic heterocycles. The topological polar surface area (TPSA) is 35.6 Å². The lowest BCUT2D eigenvalue weighted by atomic mass is 9.51. The highest BCUT2D eigenvalue weighted by Crippen LogP contribution is 2.57. The molecule has 2 saturated carbocycles. The Morgan fingerprint density at radius 2 is 1.48 bits per heavy atom. The molecule has 4 fully saturated rings. The molecule has 158 valence electrons. The van der Waals surface area contributed by atoms with Crippen molar-refractivity contribution in [1.82, 2.24) is 15.1 Å². The number of hydrogen-bond acceptors (Lipinski definition) is 4. The van der Waals surface area contributed by atoms with Gasteiger partial charge >= 0.3 is 0 Å². The third-order valence-electron chi connectivity index (χ3n) is 7.39. The van der Waals surface area contributed by atoms with E-state index in [1.54, 1.807) is 0 Å². The first-order valence-electron chi connectivity index (χ1n) is 11.6. The van der Waals surface area contributed by atoms with Crippen molar-refractivity contribution in [3.05, 3.63) is 0 Å². The second-order valence-corrected chi connectivity index (χ2v) is 9.45. The maximum absolute atomic E-state index is 10.2. The Morgan fingerprint density at radius 3 is 1.96 bits per heavy atom. The largest absolute Gasteiger partial charge is 0.317 e. The molecule has 0 unspecified atom stereocenters. The Morgan fingerprint density at radius 1 is 0.926 bits per heavy atom. The van der Waals surface area contributed by atoms with E-state index in [-0.39, 0.29) is 0 Å². The van der Waals surface area contributed by atoms with Crippen LogP contribution in [-0.2, 0) is 4.79 Å². The van der Waals surface area contributed by atoms with Crippen molar-refractivity contribution in [2.75, 3.05) is 40.3 Å². The highest BCUT2D eigenvalue weighted by Gasteiger charge is 2.53. The Balaban J connectivity index is 0.000000203. The summed E-state index contributed by atoms with van der Waals surface area (Å²) >= 11 is 0. The predicted octanol–water partition coefficient (Wildman–Crippen LogP) is 3.80. The third-order valence-corrected chi connectivity index (χ3v) is 7.39. The van der Waals surface area contributed by atoms with Crippen molar-refractivity contribution < 1.29 is 4.79 Å². The van der Waals surface area contributed by atoms with Crippen molar-refractivity contribution in [1.29, 1.82) is 0 Å². The standard InChI is InChI=1S/C14H26N2.C7H13NO.C2H6/c1-11-3-5-16(6-4-11)13-9-14(10-13)7-12(8-14)15-2;1-8-4-2-7(6-9)3-5-8;1-2/h11-13,15H,3-10H2,1-2H3;6-7H,2-5H2,1H3;1-2H3. The zero-order valence-electron chi connectivity index (χ0n) is 18.7. The summed E-state index contributed by atoms with van der Waals surface area (Å²) in [4.78, 5) is 15.3. The molecule has 4 nitrogen and oxygen atoms in total. The smallest absolute Gasteiger partial charge is 0.123 e. The maximum atomic E-state index is 10.2. The molecule has 2 heterocycles. The number of carbonyl (C=O) groups excluding carboxylic acids is 1. The number of nitrogens with zero attached hydrogens (tertiary/aromatic N) is 2. The van der Waals surface area contributed by atoms with E-state index in [2.05, 4.69) is 36.1 Å². The van der Waals surface area contributed by atoms with Crippen LogP contribution in [0.25, 0.3) is 0 Å². The summed E-state index contributed by atoms with van der Waals surface area (Å²) in [5.74, 6) is 1.32. The van der Waals surface area contributed by atoms with Crippen molar-refractivity contribution in [2.24, 2.45) is 17.3 Å². The predicted molar refractivity (Wildman–Crippen MR) is 115 cm³/mol. The first kappa shape index (κ1) is 22.8. The Labute approximate surface area is 168 Å². The van der Waals surface area contributed by atoms with Gasteiger partial charge < -0.3 is 19.9 Å². The van der Waals surface area contributed by atoms with E-state index in [0.29, 0.717) is 5.92 Å². The number of carbonyl (C=O) groups is 1. The van der Waals surface area contributed by atoms with Crippen LogP contribution in [0.1, 0.15) is 72.1 Å². The molecule has 4 heteroatoms. The highest BCUT2D eigenvalue weighted by atomic mass is 16.1. The fourth-order valence-electron chi connectivity index (χ4n) is 5.28. The van der Waals surface area contributed by atoms with Crippen LogP contribution >= 0.6 is 0 Å². The van der Waals surface area contributed by atoms with Crippen LogP contribution in [0.5, 0.6) is 0 Å². The normalized spacial score (nSPS) is 35.1. The van der Waals surface area contributed by atoms with Crippen molar-refractivity contribution in [3.63, 3.8) is 0 Å². The van der Waals surface area contributed by atoms with Crippen molar-refractivity contribution >= 4 is 6.29 Å². The van der Waals surface area contributed by atoms with Gasteiger partial charge in [-0.2, -0.15) is 0 Å². The lowest BCUT2D eigenvalue weighted by Crippen LogP contribution is -2.60. The van der Waals surface area contributed by atoms with Gasteiger partial charge in [0.15, 0.2) is 0 Å². The minimum Gasteiger partial charge on any atom is -0.317 e. The van der Waals surface area contributed by atoms with E-state index in [1.807, 2.05) is 13.8 Å². The van der Waals surface area contributed by atoms with Gasteiger partial charge in [0.1, 0.15) is 6.29 Å². The number of rotatable bonds is 3. The van der Waals surface area contributed by atoms with Crippen LogP contribution in [0.2, 0.25) is 0 Å². The average molecular weight is 380 g/mol. The number of hydrogen-bond donors (Lipinski definition) is 1. The Bertz CT molecular complexity index is 411. The van der Waals surface area contributed by atoms with E-state index >= 15 is 0 Å². The van der Waals surface area contributed by atoms with Gasteiger partial charge in [-0.15, -0.1) is 0 Å². The summed E-state index contributed by atoms with van der Waals surface area (Å²) in [6, 6.07) is 1.78. The zero-order chi connectivity index (χ0) is 19.9. The minimum atomic E-state index is 0.348. The van der Waals surface area contributed by atoms with Gasteiger partial charge in [-0.3, -0.25) is 0 Å². The van der Waals surface area contributed by atoms with Crippen LogP contribution in [0.4, 0.5) is 0 Å². The number of likely N-dealkylation sites (tertiary alicyclic amines) is 2. The fraction of sp³-hybridized carbons (Fsp3) is 0.957. The van der Waals surface area contributed by atoms with Crippen LogP contribution in [0.3, 0.4) is 0 Å². The van der Waals surface area contributed by atoms with Crippen LogP contribution < -0.4 is 5.32 Å². The lowest BCUT2D eigenvalue weighted by Gasteiger charge is -2.60. The summed E-state index contributed by atoms with van der Waals surface area (Å²) in [5.41, 5.74) is 0.779. The van der Waals surface area contributed by atoms with Gasteiger partial charge in [-0.25, -0.2) is 0 Å². The molecule has 0 amide bonds. The summed E-state index contributed by atoms with van der Waals surface area (Å²) in [5, 5.41) is 3.41. The van der Waals surface area contributed by atoms with Gasteiger partial charge in [0, 0.05) is 18.0 Å². The molecule has 1 spiro atoms. The highest BCUT2D eigenvalue weighted by molar-refractivity contribution is 5.53. The van der Waals surface area contributed by atoms with Crippen LogP contribution in [-0.4, -0.2) is 68.4 Å². The second-order valence-electron chi connectivity index (χ2n) is 9.45. The molecule has 0 aromatic rings. The van der Waals surface area contributed by atoms with Crippen molar-refractivity contribution in [3.8, 4) is 0 Å². The van der Waals surface area contributed by atoms with Gasteiger partial charge in [-0.1, -0.05) is 20.8 Å². The monoisotopic (exact) mass is 379 g/mol. The molecule has 1 N–H and O–H groups in total. The summed E-state index contributed by atoms with van der Waals surface area (Å²) in [7, 11) is 4.21. The molecule has 0 radical (unpaired) electrons. The maximum Gasteiger partial charge on any atom is 0.123 e. The van der Waals surface area contributed by atoms with Gasteiger partial charge in [-0.05, 0) is 103 Å². The van der Waals surface area contributed by atoms with E-state index in [1.165, 1.54) is 51.6 Å². The SMILES string of the molecule is CC.CN1CCC(C=O)CC1.CNC1CC2(C1)CC(N1CCC(C)CC1)C2. The first-order chi connectivity index (χ1) is 13.0. The van der Waals surface area contributed by atoms with E-state index in [4.69, 9.17) is 0 Å². The fourth-order valence-corrected chi connectivity index (χ4v) is 5.28. The number of nitrogens with one attached hydrogen (secondary N) is 1. The molecule has 2 aliphatic heterocycles. The quantitative estimate of drug-likeness (QED) is 0.757. The average Bonchev–Trinajstić information content (AvgIpc) is 2.64. The number of piperidine rings is 2. The van der Waals surface area contributed by atoms with Crippen LogP contribution in [0.15, 0.2) is 0 Å². The molecular weight excluding hydrogens is 334 g/mol.